The molecule has 2 aromatic rings. The highest BCUT2D eigenvalue weighted by molar-refractivity contribution is 5.24. The number of nitrogens with zero attached hydrogens (tertiary/aromatic N) is 1. The molecule has 1 fully saturated rings. The Hall–Kier alpha value is -1.67. The van der Waals surface area contributed by atoms with Crippen molar-refractivity contribution in [2.24, 2.45) is 0 Å². The van der Waals surface area contributed by atoms with Crippen LogP contribution >= 0.6 is 0 Å². The molecule has 1 atom stereocenters. The Morgan fingerprint density at radius 1 is 1.15 bits per heavy atom. The number of aryl methyl sites for hydroxylation is 1. The Labute approximate surface area is 120 Å². The zero-order chi connectivity index (χ0) is 13.9. The van der Waals surface area contributed by atoms with Crippen LogP contribution < -0.4 is 0 Å². The Balaban J connectivity index is 1.77. The quantitative estimate of drug-likeness (QED) is 0.794. The maximum absolute atomic E-state index is 13.4. The molecule has 104 valence electrons. The molecule has 0 aromatic heterocycles. The normalized spacial score (nSPS) is 19.4. The van der Waals surface area contributed by atoms with Crippen molar-refractivity contribution in [2.75, 3.05) is 6.54 Å². The summed E-state index contributed by atoms with van der Waals surface area (Å²) >= 11 is 0. The second-order valence-corrected chi connectivity index (χ2v) is 5.67. The van der Waals surface area contributed by atoms with Crippen LogP contribution in [0.5, 0.6) is 0 Å². The maximum atomic E-state index is 13.4. The van der Waals surface area contributed by atoms with Crippen molar-refractivity contribution in [3.63, 3.8) is 0 Å². The fourth-order valence-corrected chi connectivity index (χ4v) is 3.03. The molecule has 1 aliphatic rings. The van der Waals surface area contributed by atoms with E-state index in [1.165, 1.54) is 23.6 Å². The number of rotatable bonds is 3. The van der Waals surface area contributed by atoms with Gasteiger partial charge in [-0.05, 0) is 49.6 Å². The third-order valence-corrected chi connectivity index (χ3v) is 4.10. The molecule has 2 aromatic carbocycles. The largest absolute Gasteiger partial charge is 0.292 e. The summed E-state index contributed by atoms with van der Waals surface area (Å²) in [5.41, 5.74) is 3.73. The van der Waals surface area contributed by atoms with Crippen LogP contribution in [-0.2, 0) is 6.54 Å². The maximum Gasteiger partial charge on any atom is 0.123 e. The minimum atomic E-state index is -0.135. The van der Waals surface area contributed by atoms with E-state index in [0.29, 0.717) is 6.04 Å². The van der Waals surface area contributed by atoms with Crippen LogP contribution in [0.25, 0.3) is 0 Å². The minimum Gasteiger partial charge on any atom is -0.292 e. The van der Waals surface area contributed by atoms with Gasteiger partial charge in [0.25, 0.3) is 0 Å². The highest BCUT2D eigenvalue weighted by atomic mass is 19.1. The smallest absolute Gasteiger partial charge is 0.123 e. The number of hydrogen-bond donors (Lipinski definition) is 0. The summed E-state index contributed by atoms with van der Waals surface area (Å²) in [5, 5.41) is 0. The Kier molecular flexibility index (Phi) is 3.83. The van der Waals surface area contributed by atoms with E-state index in [1.807, 2.05) is 12.1 Å². The Morgan fingerprint density at radius 3 is 2.70 bits per heavy atom. The van der Waals surface area contributed by atoms with E-state index in [1.54, 1.807) is 6.07 Å². The van der Waals surface area contributed by atoms with Crippen molar-refractivity contribution in [3.05, 3.63) is 71.0 Å². The van der Waals surface area contributed by atoms with E-state index in [9.17, 15) is 4.39 Å². The second-order valence-electron chi connectivity index (χ2n) is 5.67. The summed E-state index contributed by atoms with van der Waals surface area (Å²) in [6, 6.07) is 16.1. The third kappa shape index (κ3) is 2.91. The van der Waals surface area contributed by atoms with Crippen molar-refractivity contribution in [1.82, 2.24) is 4.90 Å². The van der Waals surface area contributed by atoms with Crippen LogP contribution in [0.3, 0.4) is 0 Å². The van der Waals surface area contributed by atoms with E-state index in [-0.39, 0.29) is 5.82 Å². The van der Waals surface area contributed by atoms with Crippen LogP contribution in [0.4, 0.5) is 4.39 Å². The predicted octanol–water partition coefficient (Wildman–Crippen LogP) is 4.47. The lowest BCUT2D eigenvalue weighted by Crippen LogP contribution is -2.22. The van der Waals surface area contributed by atoms with Gasteiger partial charge in [0.2, 0.25) is 0 Å². The van der Waals surface area contributed by atoms with Crippen LogP contribution in [0, 0.1) is 12.7 Å². The minimum absolute atomic E-state index is 0.135. The SMILES string of the molecule is Cc1ccc(CN2CCC[C@H]2c2cccc(F)c2)cc1. The molecule has 0 N–H and O–H groups in total. The number of likely N-dealkylation sites (tertiary alicyclic amines) is 1. The van der Waals surface area contributed by atoms with Gasteiger partial charge in [-0.3, -0.25) is 4.90 Å². The van der Waals surface area contributed by atoms with Crippen LogP contribution in [0.1, 0.15) is 35.6 Å². The molecule has 2 heteroatoms. The van der Waals surface area contributed by atoms with Crippen molar-refractivity contribution >= 4 is 0 Å². The standard InChI is InChI=1S/C18H20FN/c1-14-7-9-15(10-8-14)13-20-11-3-6-18(20)16-4-2-5-17(19)12-16/h2,4-5,7-10,12,18H,3,6,11,13H2,1H3/t18-/m0/s1. The predicted molar refractivity (Wildman–Crippen MR) is 80.0 cm³/mol. The molecular formula is C18H20FN. The molecule has 20 heavy (non-hydrogen) atoms. The lowest BCUT2D eigenvalue weighted by atomic mass is 10.0. The summed E-state index contributed by atoms with van der Waals surface area (Å²) < 4.78 is 13.4. The number of halogens is 1. The first-order valence-corrected chi connectivity index (χ1v) is 7.27. The van der Waals surface area contributed by atoms with Gasteiger partial charge in [-0.1, -0.05) is 42.0 Å². The molecule has 0 bridgehead atoms. The van der Waals surface area contributed by atoms with Crippen LogP contribution in [-0.4, -0.2) is 11.4 Å². The van der Waals surface area contributed by atoms with Crippen molar-refractivity contribution in [1.29, 1.82) is 0 Å². The molecule has 0 unspecified atom stereocenters. The lowest BCUT2D eigenvalue weighted by molar-refractivity contribution is 0.248. The van der Waals surface area contributed by atoms with E-state index in [4.69, 9.17) is 0 Å². The summed E-state index contributed by atoms with van der Waals surface area (Å²) in [5.74, 6) is -0.135. The molecular weight excluding hydrogens is 249 g/mol. The molecule has 1 saturated heterocycles. The van der Waals surface area contributed by atoms with E-state index in [2.05, 4.69) is 36.1 Å². The molecule has 1 nitrogen and oxygen atoms in total. The number of benzene rings is 2. The molecule has 0 aliphatic carbocycles. The lowest BCUT2D eigenvalue weighted by Gasteiger charge is -2.25. The fraction of sp³-hybridized carbons (Fsp3) is 0.333. The van der Waals surface area contributed by atoms with E-state index < -0.39 is 0 Å². The fourth-order valence-electron chi connectivity index (χ4n) is 3.03. The molecule has 1 aliphatic heterocycles. The van der Waals surface area contributed by atoms with Gasteiger partial charge in [-0.2, -0.15) is 0 Å². The van der Waals surface area contributed by atoms with E-state index >= 15 is 0 Å². The van der Waals surface area contributed by atoms with Crippen LogP contribution in [0.2, 0.25) is 0 Å². The van der Waals surface area contributed by atoms with Crippen molar-refractivity contribution in [2.45, 2.75) is 32.4 Å². The van der Waals surface area contributed by atoms with Crippen molar-refractivity contribution in [3.8, 4) is 0 Å². The highest BCUT2D eigenvalue weighted by Gasteiger charge is 2.26. The summed E-state index contributed by atoms with van der Waals surface area (Å²) in [6.07, 6.45) is 2.31. The topological polar surface area (TPSA) is 3.24 Å². The van der Waals surface area contributed by atoms with Gasteiger partial charge in [0.1, 0.15) is 5.82 Å². The van der Waals surface area contributed by atoms with Gasteiger partial charge in [-0.25, -0.2) is 4.39 Å². The van der Waals surface area contributed by atoms with Gasteiger partial charge in [0.15, 0.2) is 0 Å². The Bertz CT molecular complexity index is 576. The van der Waals surface area contributed by atoms with Gasteiger partial charge < -0.3 is 0 Å². The van der Waals surface area contributed by atoms with Crippen LogP contribution in [0.15, 0.2) is 48.5 Å². The van der Waals surface area contributed by atoms with Gasteiger partial charge in [0.05, 0.1) is 0 Å². The number of hydrogen-bond acceptors (Lipinski definition) is 1. The second kappa shape index (κ2) is 5.76. The summed E-state index contributed by atoms with van der Waals surface area (Å²) in [7, 11) is 0. The monoisotopic (exact) mass is 269 g/mol. The average Bonchev–Trinajstić information content (AvgIpc) is 2.89. The molecule has 0 spiro atoms. The average molecular weight is 269 g/mol. The zero-order valence-corrected chi connectivity index (χ0v) is 11.8. The molecule has 0 radical (unpaired) electrons. The highest BCUT2D eigenvalue weighted by Crippen LogP contribution is 2.33. The molecule has 1 heterocycles. The zero-order valence-electron chi connectivity index (χ0n) is 11.8. The molecule has 0 amide bonds. The molecule has 0 saturated carbocycles. The Morgan fingerprint density at radius 2 is 1.95 bits per heavy atom. The summed E-state index contributed by atoms with van der Waals surface area (Å²) in [6.45, 7) is 4.14. The van der Waals surface area contributed by atoms with Gasteiger partial charge in [0, 0.05) is 12.6 Å². The van der Waals surface area contributed by atoms with Gasteiger partial charge >= 0.3 is 0 Å². The first-order valence-electron chi connectivity index (χ1n) is 7.27. The van der Waals surface area contributed by atoms with Crippen molar-refractivity contribution < 1.29 is 4.39 Å². The summed E-state index contributed by atoms with van der Waals surface area (Å²) in [4.78, 5) is 2.46. The van der Waals surface area contributed by atoms with E-state index in [0.717, 1.165) is 25.1 Å². The molecule has 3 rings (SSSR count). The third-order valence-electron chi connectivity index (χ3n) is 4.10. The van der Waals surface area contributed by atoms with Gasteiger partial charge in [-0.15, -0.1) is 0 Å². The first-order chi connectivity index (χ1) is 9.72. The first kappa shape index (κ1) is 13.3.